The maximum Gasteiger partial charge on any atom is 0.451 e. The van der Waals surface area contributed by atoms with Crippen molar-refractivity contribution in [3.05, 3.63) is 52.8 Å². The van der Waals surface area contributed by atoms with Gasteiger partial charge in [0.1, 0.15) is 11.6 Å². The quantitative estimate of drug-likeness (QED) is 0.663. The molecule has 0 aliphatic carbocycles. The normalized spacial score (nSPS) is 11.7. The van der Waals surface area contributed by atoms with Crippen LogP contribution in [0.3, 0.4) is 0 Å². The number of hydrogen-bond acceptors (Lipinski definition) is 4. The van der Waals surface area contributed by atoms with Crippen LogP contribution in [0.5, 0.6) is 5.75 Å². The molecule has 0 fully saturated rings. The highest BCUT2D eigenvalue weighted by Gasteiger charge is 2.35. The standard InChI is InChI=1S/C15H9BrF3N3O/c16-8-4-5-12-11(6-8)13(22-14(21-12)15(17,18)19)20-9-2-1-3-10(23)7-9/h1-7,23H,(H,20,21,22). The largest absolute Gasteiger partial charge is 0.508 e. The summed E-state index contributed by atoms with van der Waals surface area (Å²) in [6, 6.07) is 10.7. The first-order chi connectivity index (χ1) is 10.8. The van der Waals surface area contributed by atoms with Gasteiger partial charge in [-0.05, 0) is 30.3 Å². The summed E-state index contributed by atoms with van der Waals surface area (Å²) in [5, 5.41) is 12.7. The molecule has 2 aromatic carbocycles. The second kappa shape index (κ2) is 5.69. The van der Waals surface area contributed by atoms with Gasteiger partial charge < -0.3 is 10.4 Å². The molecule has 0 saturated heterocycles. The van der Waals surface area contributed by atoms with E-state index in [1.165, 1.54) is 18.2 Å². The van der Waals surface area contributed by atoms with Crippen molar-refractivity contribution in [3.63, 3.8) is 0 Å². The SMILES string of the molecule is Oc1cccc(Nc2nc(C(F)(F)F)nc3ccc(Br)cc23)c1. The number of phenolic OH excluding ortho intramolecular Hbond substituents is 1. The van der Waals surface area contributed by atoms with Gasteiger partial charge in [-0.1, -0.05) is 22.0 Å². The minimum atomic E-state index is -4.66. The highest BCUT2D eigenvalue weighted by atomic mass is 79.9. The summed E-state index contributed by atoms with van der Waals surface area (Å²) in [6.45, 7) is 0. The Labute approximate surface area is 137 Å². The average molecular weight is 384 g/mol. The van der Waals surface area contributed by atoms with Crippen LogP contribution in [0, 0.1) is 0 Å². The zero-order chi connectivity index (χ0) is 16.6. The molecule has 0 atom stereocenters. The molecule has 0 amide bonds. The van der Waals surface area contributed by atoms with Gasteiger partial charge in [-0.25, -0.2) is 9.97 Å². The predicted molar refractivity (Wildman–Crippen MR) is 83.6 cm³/mol. The number of aromatic hydroxyl groups is 1. The third kappa shape index (κ3) is 3.37. The molecule has 0 bridgehead atoms. The van der Waals surface area contributed by atoms with Gasteiger partial charge in [0, 0.05) is 21.6 Å². The van der Waals surface area contributed by atoms with E-state index in [2.05, 4.69) is 31.2 Å². The lowest BCUT2D eigenvalue weighted by Crippen LogP contribution is -2.12. The van der Waals surface area contributed by atoms with Gasteiger partial charge in [0.2, 0.25) is 5.82 Å². The van der Waals surface area contributed by atoms with Crippen LogP contribution in [-0.4, -0.2) is 15.1 Å². The van der Waals surface area contributed by atoms with Crippen molar-refractivity contribution in [1.82, 2.24) is 9.97 Å². The summed E-state index contributed by atoms with van der Waals surface area (Å²) in [5.74, 6) is -1.23. The molecule has 1 aromatic heterocycles. The molecule has 0 saturated carbocycles. The molecule has 118 valence electrons. The molecule has 2 N–H and O–H groups in total. The Morgan fingerprint density at radius 2 is 1.83 bits per heavy atom. The summed E-state index contributed by atoms with van der Waals surface area (Å²) in [4.78, 5) is 7.15. The average Bonchev–Trinajstić information content (AvgIpc) is 2.46. The van der Waals surface area contributed by atoms with E-state index in [0.29, 0.717) is 15.5 Å². The number of rotatable bonds is 2. The number of aromatic nitrogens is 2. The number of hydrogen-bond donors (Lipinski definition) is 2. The highest BCUT2D eigenvalue weighted by Crippen LogP contribution is 2.33. The van der Waals surface area contributed by atoms with Gasteiger partial charge in [-0.3, -0.25) is 0 Å². The Morgan fingerprint density at radius 1 is 1.04 bits per heavy atom. The molecule has 8 heteroatoms. The Bertz CT molecular complexity index is 883. The van der Waals surface area contributed by atoms with Crippen molar-refractivity contribution in [3.8, 4) is 5.75 Å². The second-order valence-electron chi connectivity index (χ2n) is 4.73. The van der Waals surface area contributed by atoms with Crippen molar-refractivity contribution in [2.45, 2.75) is 6.18 Å². The maximum absolute atomic E-state index is 13.0. The number of benzene rings is 2. The number of nitrogens with zero attached hydrogens (tertiary/aromatic N) is 2. The lowest BCUT2D eigenvalue weighted by molar-refractivity contribution is -0.144. The van der Waals surface area contributed by atoms with E-state index in [0.717, 1.165) is 0 Å². The van der Waals surface area contributed by atoms with Gasteiger partial charge in [0.05, 0.1) is 5.52 Å². The van der Waals surface area contributed by atoms with Crippen molar-refractivity contribution >= 4 is 38.3 Å². The fraction of sp³-hybridized carbons (Fsp3) is 0.0667. The molecule has 3 rings (SSSR count). The molecule has 0 aliphatic heterocycles. The van der Waals surface area contributed by atoms with E-state index in [1.807, 2.05) is 0 Å². The van der Waals surface area contributed by atoms with Crippen LogP contribution in [0.25, 0.3) is 10.9 Å². The number of fused-ring (bicyclic) bond motifs is 1. The summed E-state index contributed by atoms with van der Waals surface area (Å²) in [5.41, 5.74) is 0.580. The lowest BCUT2D eigenvalue weighted by atomic mass is 10.2. The molecule has 1 heterocycles. The Balaban J connectivity index is 2.18. The number of nitrogens with one attached hydrogen (secondary N) is 1. The summed E-state index contributed by atoms with van der Waals surface area (Å²) >= 11 is 3.28. The maximum atomic E-state index is 13.0. The molecule has 0 unspecified atom stereocenters. The Hall–Kier alpha value is -2.35. The molecular formula is C15H9BrF3N3O. The predicted octanol–water partition coefficient (Wildman–Crippen LogP) is 4.86. The minimum Gasteiger partial charge on any atom is -0.508 e. The van der Waals surface area contributed by atoms with Gasteiger partial charge in [0.25, 0.3) is 0 Å². The first-order valence-electron chi connectivity index (χ1n) is 6.43. The van der Waals surface area contributed by atoms with Gasteiger partial charge in [-0.2, -0.15) is 13.2 Å². The summed E-state index contributed by atoms with van der Waals surface area (Å²) in [6.07, 6.45) is -4.66. The number of halogens is 4. The highest BCUT2D eigenvalue weighted by molar-refractivity contribution is 9.10. The van der Waals surface area contributed by atoms with Crippen molar-refractivity contribution in [1.29, 1.82) is 0 Å². The first-order valence-corrected chi connectivity index (χ1v) is 7.23. The van der Waals surface area contributed by atoms with Crippen molar-refractivity contribution in [2.24, 2.45) is 0 Å². The van der Waals surface area contributed by atoms with Crippen LogP contribution < -0.4 is 5.32 Å². The second-order valence-corrected chi connectivity index (χ2v) is 5.65. The van der Waals surface area contributed by atoms with Crippen LogP contribution >= 0.6 is 15.9 Å². The van der Waals surface area contributed by atoms with Gasteiger partial charge in [0.15, 0.2) is 0 Å². The molecule has 0 radical (unpaired) electrons. The number of phenols is 1. The molecule has 3 aromatic rings. The monoisotopic (exact) mass is 383 g/mol. The van der Waals surface area contributed by atoms with Crippen molar-refractivity contribution < 1.29 is 18.3 Å². The molecule has 0 spiro atoms. The van der Waals surface area contributed by atoms with Crippen molar-refractivity contribution in [2.75, 3.05) is 5.32 Å². The summed E-state index contributed by atoms with van der Waals surface area (Å²) < 4.78 is 39.6. The van der Waals surface area contributed by atoms with E-state index >= 15 is 0 Å². The zero-order valence-electron chi connectivity index (χ0n) is 11.4. The third-order valence-corrected chi connectivity index (χ3v) is 3.51. The van der Waals surface area contributed by atoms with E-state index in [9.17, 15) is 18.3 Å². The van der Waals surface area contributed by atoms with Crippen LogP contribution in [0.4, 0.5) is 24.7 Å². The molecule has 23 heavy (non-hydrogen) atoms. The van der Waals surface area contributed by atoms with Crippen LogP contribution in [0.2, 0.25) is 0 Å². The van der Waals surface area contributed by atoms with E-state index in [-0.39, 0.29) is 17.1 Å². The van der Waals surface area contributed by atoms with Crippen LogP contribution in [0.15, 0.2) is 46.9 Å². The third-order valence-electron chi connectivity index (χ3n) is 3.02. The Kier molecular flexibility index (Phi) is 3.85. The number of alkyl halides is 3. The Morgan fingerprint density at radius 3 is 2.52 bits per heavy atom. The van der Waals surface area contributed by atoms with E-state index in [1.54, 1.807) is 24.3 Å². The molecule has 0 aliphatic rings. The zero-order valence-corrected chi connectivity index (χ0v) is 13.0. The van der Waals surface area contributed by atoms with Gasteiger partial charge in [-0.15, -0.1) is 0 Å². The summed E-state index contributed by atoms with van der Waals surface area (Å²) in [7, 11) is 0. The minimum absolute atomic E-state index is 0.00854. The smallest absolute Gasteiger partial charge is 0.451 e. The van der Waals surface area contributed by atoms with Gasteiger partial charge >= 0.3 is 6.18 Å². The van der Waals surface area contributed by atoms with E-state index in [4.69, 9.17) is 0 Å². The first kappa shape index (κ1) is 15.5. The molecular weight excluding hydrogens is 375 g/mol. The number of anilines is 2. The van der Waals surface area contributed by atoms with Crippen LogP contribution in [0.1, 0.15) is 5.82 Å². The lowest BCUT2D eigenvalue weighted by Gasteiger charge is -2.12. The fourth-order valence-electron chi connectivity index (χ4n) is 2.04. The molecule has 4 nitrogen and oxygen atoms in total. The van der Waals surface area contributed by atoms with Crippen LogP contribution in [-0.2, 0) is 6.18 Å². The topological polar surface area (TPSA) is 58.0 Å². The van der Waals surface area contributed by atoms with E-state index < -0.39 is 12.0 Å². The fourth-order valence-corrected chi connectivity index (χ4v) is 2.40.